The molecule has 0 saturated heterocycles. The lowest BCUT2D eigenvalue weighted by atomic mass is 9.96. The van der Waals surface area contributed by atoms with Crippen molar-refractivity contribution in [2.45, 2.75) is 26.2 Å². The Hall–Kier alpha value is -0.860. The van der Waals surface area contributed by atoms with Crippen LogP contribution in [0.3, 0.4) is 0 Å². The number of benzene rings is 1. The van der Waals surface area contributed by atoms with Gasteiger partial charge in [0, 0.05) is 19.7 Å². The summed E-state index contributed by atoms with van der Waals surface area (Å²) in [5, 5.41) is 0. The van der Waals surface area contributed by atoms with Gasteiger partial charge in [0.05, 0.1) is 6.61 Å². The van der Waals surface area contributed by atoms with Crippen molar-refractivity contribution in [1.82, 2.24) is 4.90 Å². The number of nitrogens with zero attached hydrogens (tertiary/aromatic N) is 1. The van der Waals surface area contributed by atoms with E-state index in [0.29, 0.717) is 5.92 Å². The second-order valence-corrected chi connectivity index (χ2v) is 4.48. The Kier molecular flexibility index (Phi) is 6.90. The molecule has 0 spiro atoms. The molecule has 0 aromatic heterocycles. The predicted molar refractivity (Wildman–Crippen MR) is 73.5 cm³/mol. The van der Waals surface area contributed by atoms with Crippen LogP contribution in [0.25, 0.3) is 0 Å². The summed E-state index contributed by atoms with van der Waals surface area (Å²) in [6.07, 6.45) is 1.18. The maximum absolute atomic E-state index is 5.38. The van der Waals surface area contributed by atoms with E-state index in [1.54, 1.807) is 0 Å². The summed E-state index contributed by atoms with van der Waals surface area (Å²) in [5.41, 5.74) is 1.44. The van der Waals surface area contributed by atoms with E-state index in [1.807, 2.05) is 6.92 Å². The van der Waals surface area contributed by atoms with Crippen molar-refractivity contribution in [2.75, 3.05) is 33.4 Å². The molecule has 1 aromatic rings. The molecule has 0 bridgehead atoms. The number of hydrogen-bond acceptors (Lipinski definition) is 2. The summed E-state index contributed by atoms with van der Waals surface area (Å²) in [4.78, 5) is 2.36. The second kappa shape index (κ2) is 8.26. The molecule has 0 heterocycles. The molecule has 2 nitrogen and oxygen atoms in total. The molecule has 17 heavy (non-hydrogen) atoms. The van der Waals surface area contributed by atoms with Crippen molar-refractivity contribution in [3.63, 3.8) is 0 Å². The highest BCUT2D eigenvalue weighted by molar-refractivity contribution is 5.19. The van der Waals surface area contributed by atoms with E-state index >= 15 is 0 Å². The van der Waals surface area contributed by atoms with Gasteiger partial charge in [-0.05, 0) is 31.9 Å². The number of hydrogen-bond donors (Lipinski definition) is 0. The quantitative estimate of drug-likeness (QED) is 0.642. The minimum atomic E-state index is 0.628. The van der Waals surface area contributed by atoms with E-state index in [1.165, 1.54) is 12.0 Å². The number of rotatable bonds is 8. The normalized spacial score (nSPS) is 12.9. The van der Waals surface area contributed by atoms with E-state index in [9.17, 15) is 0 Å². The van der Waals surface area contributed by atoms with Gasteiger partial charge in [-0.1, -0.05) is 37.3 Å². The number of ether oxygens (including phenoxy) is 1. The molecule has 0 aliphatic rings. The second-order valence-electron chi connectivity index (χ2n) is 4.48. The molecule has 1 atom stereocenters. The van der Waals surface area contributed by atoms with E-state index < -0.39 is 0 Å². The molecule has 0 aliphatic carbocycles. The Bertz CT molecular complexity index is 286. The molecule has 96 valence electrons. The topological polar surface area (TPSA) is 12.5 Å². The number of likely N-dealkylation sites (N-methyl/N-ethyl adjacent to an activating group) is 1. The van der Waals surface area contributed by atoms with Crippen LogP contribution in [0.5, 0.6) is 0 Å². The zero-order chi connectivity index (χ0) is 12.5. The van der Waals surface area contributed by atoms with Crippen LogP contribution in [0.2, 0.25) is 0 Å². The SMILES string of the molecule is CCOCCN(C)CC(CC)c1ccccc1. The standard InChI is InChI=1S/C15H25NO/c1-4-14(15-9-7-6-8-10-15)13-16(3)11-12-17-5-2/h6-10,14H,4-5,11-13H2,1-3H3. The average Bonchev–Trinajstić information content (AvgIpc) is 2.37. The molecule has 1 aromatic carbocycles. The maximum Gasteiger partial charge on any atom is 0.0593 e. The molecule has 1 unspecified atom stereocenters. The molecule has 0 saturated carbocycles. The van der Waals surface area contributed by atoms with Crippen LogP contribution in [0, 0.1) is 0 Å². The van der Waals surface area contributed by atoms with Crippen molar-refractivity contribution in [3.8, 4) is 0 Å². The monoisotopic (exact) mass is 235 g/mol. The minimum Gasteiger partial charge on any atom is -0.380 e. The third kappa shape index (κ3) is 5.33. The molecule has 1 rings (SSSR count). The highest BCUT2D eigenvalue weighted by Gasteiger charge is 2.11. The average molecular weight is 235 g/mol. The highest BCUT2D eigenvalue weighted by Crippen LogP contribution is 2.19. The lowest BCUT2D eigenvalue weighted by molar-refractivity contribution is 0.120. The molecular formula is C15H25NO. The first-order valence-electron chi connectivity index (χ1n) is 6.59. The Labute approximate surface area is 106 Å². The van der Waals surface area contributed by atoms with Crippen LogP contribution in [-0.4, -0.2) is 38.3 Å². The predicted octanol–water partition coefficient (Wildman–Crippen LogP) is 3.15. The fourth-order valence-corrected chi connectivity index (χ4v) is 2.03. The molecule has 0 fully saturated rings. The van der Waals surface area contributed by atoms with Gasteiger partial charge in [-0.15, -0.1) is 0 Å². The van der Waals surface area contributed by atoms with Gasteiger partial charge in [0.2, 0.25) is 0 Å². The highest BCUT2D eigenvalue weighted by atomic mass is 16.5. The Morgan fingerprint density at radius 2 is 1.88 bits per heavy atom. The van der Waals surface area contributed by atoms with Crippen LogP contribution < -0.4 is 0 Å². The third-order valence-electron chi connectivity index (χ3n) is 3.12. The Morgan fingerprint density at radius 1 is 1.18 bits per heavy atom. The first-order valence-corrected chi connectivity index (χ1v) is 6.59. The zero-order valence-electron chi connectivity index (χ0n) is 11.4. The van der Waals surface area contributed by atoms with Crippen molar-refractivity contribution in [3.05, 3.63) is 35.9 Å². The van der Waals surface area contributed by atoms with Crippen LogP contribution >= 0.6 is 0 Å². The molecule has 0 aliphatic heterocycles. The van der Waals surface area contributed by atoms with Crippen LogP contribution in [0.4, 0.5) is 0 Å². The summed E-state index contributed by atoms with van der Waals surface area (Å²) in [5.74, 6) is 0.628. The van der Waals surface area contributed by atoms with Gasteiger partial charge in [-0.3, -0.25) is 0 Å². The van der Waals surface area contributed by atoms with Crippen molar-refractivity contribution >= 4 is 0 Å². The van der Waals surface area contributed by atoms with Gasteiger partial charge in [0.1, 0.15) is 0 Å². The van der Waals surface area contributed by atoms with E-state index in [0.717, 1.165) is 26.3 Å². The fraction of sp³-hybridized carbons (Fsp3) is 0.600. The summed E-state index contributed by atoms with van der Waals surface area (Å²) in [7, 11) is 2.17. The van der Waals surface area contributed by atoms with Crippen LogP contribution in [0.15, 0.2) is 30.3 Å². The minimum absolute atomic E-state index is 0.628. The summed E-state index contributed by atoms with van der Waals surface area (Å²) < 4.78 is 5.38. The lowest BCUT2D eigenvalue weighted by Crippen LogP contribution is -2.28. The molecule has 0 amide bonds. The maximum atomic E-state index is 5.38. The Balaban J connectivity index is 2.41. The van der Waals surface area contributed by atoms with E-state index in [4.69, 9.17) is 4.74 Å². The first kappa shape index (κ1) is 14.2. The van der Waals surface area contributed by atoms with Crippen LogP contribution in [0.1, 0.15) is 31.7 Å². The van der Waals surface area contributed by atoms with Gasteiger partial charge in [-0.25, -0.2) is 0 Å². The van der Waals surface area contributed by atoms with Crippen molar-refractivity contribution < 1.29 is 4.74 Å². The smallest absolute Gasteiger partial charge is 0.0593 e. The van der Waals surface area contributed by atoms with Gasteiger partial charge in [-0.2, -0.15) is 0 Å². The van der Waals surface area contributed by atoms with E-state index in [-0.39, 0.29) is 0 Å². The van der Waals surface area contributed by atoms with Gasteiger partial charge < -0.3 is 9.64 Å². The van der Waals surface area contributed by atoms with Crippen LogP contribution in [-0.2, 0) is 4.74 Å². The van der Waals surface area contributed by atoms with E-state index in [2.05, 4.69) is 49.2 Å². The van der Waals surface area contributed by atoms with Crippen molar-refractivity contribution in [2.24, 2.45) is 0 Å². The zero-order valence-corrected chi connectivity index (χ0v) is 11.4. The molecular weight excluding hydrogens is 210 g/mol. The Morgan fingerprint density at radius 3 is 2.47 bits per heavy atom. The summed E-state index contributed by atoms with van der Waals surface area (Å²) in [6.45, 7) is 8.06. The molecule has 0 radical (unpaired) electrons. The van der Waals surface area contributed by atoms with Crippen molar-refractivity contribution in [1.29, 1.82) is 0 Å². The summed E-state index contributed by atoms with van der Waals surface area (Å²) in [6, 6.07) is 10.8. The fourth-order valence-electron chi connectivity index (χ4n) is 2.03. The third-order valence-corrected chi connectivity index (χ3v) is 3.12. The molecule has 2 heteroatoms. The largest absolute Gasteiger partial charge is 0.380 e. The van der Waals surface area contributed by atoms with Gasteiger partial charge in [0.25, 0.3) is 0 Å². The van der Waals surface area contributed by atoms with Gasteiger partial charge in [0.15, 0.2) is 0 Å². The summed E-state index contributed by atoms with van der Waals surface area (Å²) >= 11 is 0. The molecule has 0 N–H and O–H groups in total. The lowest BCUT2D eigenvalue weighted by Gasteiger charge is -2.23. The first-order chi connectivity index (χ1) is 8.27. The van der Waals surface area contributed by atoms with Gasteiger partial charge >= 0.3 is 0 Å².